The van der Waals surface area contributed by atoms with E-state index in [1.165, 1.54) is 22.5 Å². The van der Waals surface area contributed by atoms with Gasteiger partial charge in [-0.1, -0.05) is 18.2 Å². The Balaban J connectivity index is 2.26. The molecule has 1 heterocycles. The van der Waals surface area contributed by atoms with E-state index in [0.717, 1.165) is 0 Å². The fraction of sp³-hybridized carbons (Fsp3) is 0.500. The van der Waals surface area contributed by atoms with Crippen molar-refractivity contribution < 1.29 is 25.6 Å². The van der Waals surface area contributed by atoms with Crippen LogP contribution < -0.4 is 4.72 Å². The lowest BCUT2D eigenvalue weighted by Gasteiger charge is -2.27. The number of sulfonamides is 2. The molecule has 0 bridgehead atoms. The molecule has 124 valence electrons. The van der Waals surface area contributed by atoms with Crippen LogP contribution in [0.4, 0.5) is 14.5 Å². The predicted molar refractivity (Wildman–Crippen MR) is 78.4 cm³/mol. The van der Waals surface area contributed by atoms with Gasteiger partial charge in [0.15, 0.2) is 0 Å². The molecule has 0 atom stereocenters. The van der Waals surface area contributed by atoms with E-state index in [1.807, 2.05) is 0 Å². The first-order valence-corrected chi connectivity index (χ1v) is 9.73. The van der Waals surface area contributed by atoms with Gasteiger partial charge in [0.1, 0.15) is 0 Å². The maximum atomic E-state index is 12.5. The molecule has 0 aliphatic carbocycles. The second-order valence-corrected chi connectivity index (χ2v) is 8.66. The van der Waals surface area contributed by atoms with Gasteiger partial charge < -0.3 is 0 Å². The lowest BCUT2D eigenvalue weighted by molar-refractivity contribution is 0.236. The Kier molecular flexibility index (Phi) is 5.03. The number of para-hydroxylation sites is 1. The molecule has 0 saturated carbocycles. The molecule has 0 unspecified atom stereocenters. The van der Waals surface area contributed by atoms with E-state index in [-0.39, 0.29) is 18.0 Å². The second-order valence-electron chi connectivity index (χ2n) is 4.92. The number of nitrogens with one attached hydrogen (secondary N) is 1. The van der Waals surface area contributed by atoms with Gasteiger partial charge in [-0.15, -0.1) is 0 Å². The standard InChI is InChI=1S/C12H16F2N2O4S2/c13-12(14)22(19,20)15-11-6-2-1-5-10(11)9-16-7-3-4-8-21(16,17)18/h1-2,5-6,12,15H,3-4,7-9H2. The minimum atomic E-state index is -4.79. The van der Waals surface area contributed by atoms with Crippen molar-refractivity contribution in [3.05, 3.63) is 29.8 Å². The quantitative estimate of drug-likeness (QED) is 0.870. The van der Waals surface area contributed by atoms with Gasteiger partial charge >= 0.3 is 5.76 Å². The van der Waals surface area contributed by atoms with Gasteiger partial charge in [0.2, 0.25) is 10.0 Å². The first-order valence-electron chi connectivity index (χ1n) is 6.58. The van der Waals surface area contributed by atoms with E-state index in [0.29, 0.717) is 24.9 Å². The first-order chi connectivity index (χ1) is 10.2. The molecule has 1 aromatic rings. The molecule has 0 aromatic heterocycles. The molecule has 10 heteroatoms. The van der Waals surface area contributed by atoms with Crippen molar-refractivity contribution in [3.63, 3.8) is 0 Å². The molecule has 1 saturated heterocycles. The van der Waals surface area contributed by atoms with Gasteiger partial charge in [-0.25, -0.2) is 16.8 Å². The van der Waals surface area contributed by atoms with E-state index in [4.69, 9.17) is 0 Å². The maximum Gasteiger partial charge on any atom is 0.355 e. The fourth-order valence-electron chi connectivity index (χ4n) is 2.16. The number of rotatable bonds is 5. The topological polar surface area (TPSA) is 83.6 Å². The number of benzene rings is 1. The minimum absolute atomic E-state index is 0.0384. The molecule has 0 amide bonds. The Morgan fingerprint density at radius 1 is 1.23 bits per heavy atom. The third-order valence-corrected chi connectivity index (χ3v) is 6.18. The van der Waals surface area contributed by atoms with Crippen LogP contribution in [-0.2, 0) is 26.6 Å². The Morgan fingerprint density at radius 3 is 2.55 bits per heavy atom. The van der Waals surface area contributed by atoms with Crippen LogP contribution in [0.25, 0.3) is 0 Å². The lowest BCUT2D eigenvalue weighted by Crippen LogP contribution is -2.37. The summed E-state index contributed by atoms with van der Waals surface area (Å²) in [5.41, 5.74) is 0.292. The minimum Gasteiger partial charge on any atom is -0.278 e. The molecule has 1 aliphatic rings. The molecule has 0 radical (unpaired) electrons. The number of hydrogen-bond acceptors (Lipinski definition) is 4. The van der Waals surface area contributed by atoms with Gasteiger partial charge in [0, 0.05) is 13.1 Å². The highest BCUT2D eigenvalue weighted by molar-refractivity contribution is 7.93. The zero-order valence-electron chi connectivity index (χ0n) is 11.6. The third kappa shape index (κ3) is 3.93. The first kappa shape index (κ1) is 17.1. The highest BCUT2D eigenvalue weighted by Gasteiger charge is 2.28. The van der Waals surface area contributed by atoms with Crippen molar-refractivity contribution in [2.75, 3.05) is 17.0 Å². The van der Waals surface area contributed by atoms with Gasteiger partial charge in [-0.2, -0.15) is 13.1 Å². The Bertz CT molecular complexity index is 735. The largest absolute Gasteiger partial charge is 0.355 e. The van der Waals surface area contributed by atoms with Gasteiger partial charge in [-0.3, -0.25) is 4.72 Å². The fourth-order valence-corrected chi connectivity index (χ4v) is 4.33. The molecular formula is C12H16F2N2O4S2. The molecule has 1 aliphatic heterocycles. The Morgan fingerprint density at radius 2 is 1.91 bits per heavy atom. The van der Waals surface area contributed by atoms with E-state index >= 15 is 0 Å². The summed E-state index contributed by atoms with van der Waals surface area (Å²) in [6.07, 6.45) is 1.29. The van der Waals surface area contributed by atoms with Crippen LogP contribution in [0.5, 0.6) is 0 Å². The zero-order valence-corrected chi connectivity index (χ0v) is 13.2. The van der Waals surface area contributed by atoms with Crippen molar-refractivity contribution in [1.29, 1.82) is 0 Å². The average Bonchev–Trinajstić information content (AvgIpc) is 2.42. The van der Waals surface area contributed by atoms with Crippen LogP contribution >= 0.6 is 0 Å². The van der Waals surface area contributed by atoms with Crippen molar-refractivity contribution in [1.82, 2.24) is 4.31 Å². The molecule has 2 rings (SSSR count). The van der Waals surface area contributed by atoms with E-state index in [9.17, 15) is 25.6 Å². The van der Waals surface area contributed by atoms with E-state index in [1.54, 1.807) is 10.8 Å². The van der Waals surface area contributed by atoms with Gasteiger partial charge in [-0.05, 0) is 24.5 Å². The van der Waals surface area contributed by atoms with Crippen molar-refractivity contribution in [2.45, 2.75) is 25.1 Å². The lowest BCUT2D eigenvalue weighted by atomic mass is 10.2. The van der Waals surface area contributed by atoms with Gasteiger partial charge in [0.05, 0.1) is 11.4 Å². The number of hydrogen-bond donors (Lipinski definition) is 1. The summed E-state index contributed by atoms with van der Waals surface area (Å²) < 4.78 is 74.4. The third-order valence-electron chi connectivity index (χ3n) is 3.30. The summed E-state index contributed by atoms with van der Waals surface area (Å²) in [6, 6.07) is 5.91. The van der Waals surface area contributed by atoms with Crippen LogP contribution in [0.3, 0.4) is 0 Å². The van der Waals surface area contributed by atoms with Crippen molar-refractivity contribution >= 4 is 25.7 Å². The summed E-state index contributed by atoms with van der Waals surface area (Å²) in [4.78, 5) is 0. The molecule has 6 nitrogen and oxygen atoms in total. The predicted octanol–water partition coefficient (Wildman–Crippen LogP) is 1.58. The number of anilines is 1. The zero-order chi connectivity index (χ0) is 16.4. The smallest absolute Gasteiger partial charge is 0.278 e. The molecule has 1 fully saturated rings. The summed E-state index contributed by atoms with van der Waals surface area (Å²) in [6.45, 7) is 0.280. The molecular weight excluding hydrogens is 338 g/mol. The van der Waals surface area contributed by atoms with Crippen LogP contribution in [0.15, 0.2) is 24.3 Å². The van der Waals surface area contributed by atoms with Crippen molar-refractivity contribution in [3.8, 4) is 0 Å². The summed E-state index contributed by atoms with van der Waals surface area (Å²) >= 11 is 0. The highest BCUT2D eigenvalue weighted by Crippen LogP contribution is 2.23. The highest BCUT2D eigenvalue weighted by atomic mass is 32.2. The normalized spacial score (nSPS) is 19.2. The van der Waals surface area contributed by atoms with Crippen LogP contribution in [0, 0.1) is 0 Å². The molecule has 0 spiro atoms. The Labute approximate surface area is 128 Å². The SMILES string of the molecule is O=S(=O)(Nc1ccccc1CN1CCCCS1(=O)=O)C(F)F. The summed E-state index contributed by atoms with van der Waals surface area (Å²) in [5.74, 6) is -3.52. The van der Waals surface area contributed by atoms with E-state index in [2.05, 4.69) is 0 Å². The number of nitrogens with zero attached hydrogens (tertiary/aromatic N) is 1. The van der Waals surface area contributed by atoms with Crippen molar-refractivity contribution in [2.24, 2.45) is 0 Å². The van der Waals surface area contributed by atoms with Gasteiger partial charge in [0.25, 0.3) is 10.0 Å². The monoisotopic (exact) mass is 354 g/mol. The molecule has 22 heavy (non-hydrogen) atoms. The number of alkyl halides is 2. The van der Waals surface area contributed by atoms with Crippen LogP contribution in [0.1, 0.15) is 18.4 Å². The second kappa shape index (κ2) is 6.47. The van der Waals surface area contributed by atoms with E-state index < -0.39 is 25.8 Å². The summed E-state index contributed by atoms with van der Waals surface area (Å²) in [5, 5.41) is 0. The molecule has 1 N–H and O–H groups in total. The maximum absolute atomic E-state index is 12.5. The average molecular weight is 354 g/mol. The van der Waals surface area contributed by atoms with Crippen LogP contribution in [0.2, 0.25) is 0 Å². The number of halogens is 2. The summed E-state index contributed by atoms with van der Waals surface area (Å²) in [7, 11) is -8.19. The van der Waals surface area contributed by atoms with Crippen LogP contribution in [-0.4, -0.2) is 39.2 Å². The molecule has 1 aromatic carbocycles. The Hall–Kier alpha value is -1.26.